The molecular formula is C70H136O17P2. The van der Waals surface area contributed by atoms with Crippen LogP contribution in [0.5, 0.6) is 0 Å². The zero-order valence-corrected chi connectivity index (χ0v) is 59.2. The molecule has 0 amide bonds. The van der Waals surface area contributed by atoms with Gasteiger partial charge in [0.25, 0.3) is 0 Å². The summed E-state index contributed by atoms with van der Waals surface area (Å²) in [7, 11) is -9.89. The van der Waals surface area contributed by atoms with Crippen LogP contribution in [0.3, 0.4) is 0 Å². The number of aliphatic hydroxyl groups is 1. The van der Waals surface area contributed by atoms with Crippen molar-refractivity contribution in [2.24, 2.45) is 0 Å². The maximum absolute atomic E-state index is 13.0. The lowest BCUT2D eigenvalue weighted by Gasteiger charge is -2.21. The van der Waals surface area contributed by atoms with Gasteiger partial charge < -0.3 is 33.8 Å². The predicted molar refractivity (Wildman–Crippen MR) is 359 cm³/mol. The molecule has 2 unspecified atom stereocenters. The van der Waals surface area contributed by atoms with Crippen LogP contribution < -0.4 is 0 Å². The van der Waals surface area contributed by atoms with E-state index in [-0.39, 0.29) is 25.7 Å². The highest BCUT2D eigenvalue weighted by Crippen LogP contribution is 2.45. The summed E-state index contributed by atoms with van der Waals surface area (Å²) in [6, 6.07) is 0. The number of esters is 4. The fraction of sp³-hybridized carbons (Fsp3) is 0.943. The number of ether oxygens (including phenoxy) is 4. The summed E-state index contributed by atoms with van der Waals surface area (Å²) >= 11 is 0. The van der Waals surface area contributed by atoms with E-state index in [2.05, 4.69) is 27.7 Å². The molecule has 5 atom stereocenters. The molecule has 0 aliphatic rings. The second-order valence-electron chi connectivity index (χ2n) is 25.3. The zero-order valence-electron chi connectivity index (χ0n) is 57.4. The molecule has 528 valence electrons. The Morgan fingerprint density at radius 3 is 0.663 bits per heavy atom. The van der Waals surface area contributed by atoms with Crippen molar-refractivity contribution in [2.45, 2.75) is 386 Å². The average molecular weight is 1310 g/mol. The number of unbranched alkanes of at least 4 members (excludes halogenated alkanes) is 45. The first-order valence-electron chi connectivity index (χ1n) is 36.8. The molecule has 0 fully saturated rings. The van der Waals surface area contributed by atoms with Crippen molar-refractivity contribution in [3.63, 3.8) is 0 Å². The fourth-order valence-electron chi connectivity index (χ4n) is 10.7. The van der Waals surface area contributed by atoms with Gasteiger partial charge in [-0.2, -0.15) is 0 Å². The minimum Gasteiger partial charge on any atom is -0.462 e. The Balaban J connectivity index is 5.15. The molecule has 0 rings (SSSR count). The molecule has 0 saturated carbocycles. The van der Waals surface area contributed by atoms with E-state index in [1.165, 1.54) is 199 Å². The summed E-state index contributed by atoms with van der Waals surface area (Å²) in [4.78, 5) is 72.4. The number of carbonyl (C=O) groups is 4. The highest BCUT2D eigenvalue weighted by atomic mass is 31.2. The van der Waals surface area contributed by atoms with E-state index in [1.54, 1.807) is 0 Å². The molecule has 0 spiro atoms. The summed E-state index contributed by atoms with van der Waals surface area (Å²) in [6.07, 6.45) is 52.8. The molecule has 0 saturated heterocycles. The SMILES string of the molecule is CCCCCCCCCCCCCCCCCCCCCCC(=O)O[C@H](COC(=O)CCCCCCCCCCCC)COP(=O)(O)OC[C@@H](O)COP(=O)(O)OC[C@@H](COC(=O)CCCCCCCCCCC)OC(=O)CCCCCCCCCCCC. The van der Waals surface area contributed by atoms with Gasteiger partial charge in [0, 0.05) is 25.7 Å². The lowest BCUT2D eigenvalue weighted by Crippen LogP contribution is -2.30. The number of hydrogen-bond acceptors (Lipinski definition) is 15. The van der Waals surface area contributed by atoms with E-state index in [0.717, 1.165) is 89.9 Å². The number of phosphoric ester groups is 2. The topological polar surface area (TPSA) is 237 Å². The maximum atomic E-state index is 13.0. The van der Waals surface area contributed by atoms with Crippen LogP contribution in [0.1, 0.15) is 368 Å². The average Bonchev–Trinajstić information content (AvgIpc) is 3.55. The molecule has 0 bridgehead atoms. The van der Waals surface area contributed by atoms with Crippen molar-refractivity contribution in [1.29, 1.82) is 0 Å². The third kappa shape index (κ3) is 64.6. The Labute approximate surface area is 543 Å². The molecular weight excluding hydrogens is 1170 g/mol. The van der Waals surface area contributed by atoms with Crippen LogP contribution in [0.2, 0.25) is 0 Å². The van der Waals surface area contributed by atoms with Gasteiger partial charge in [0.2, 0.25) is 0 Å². The molecule has 0 heterocycles. The Hall–Kier alpha value is -1.94. The van der Waals surface area contributed by atoms with E-state index < -0.39 is 97.5 Å². The molecule has 89 heavy (non-hydrogen) atoms. The lowest BCUT2D eigenvalue weighted by atomic mass is 10.0. The highest BCUT2D eigenvalue weighted by Gasteiger charge is 2.30. The van der Waals surface area contributed by atoms with Crippen LogP contribution in [-0.4, -0.2) is 96.7 Å². The molecule has 0 aliphatic carbocycles. The Morgan fingerprint density at radius 1 is 0.270 bits per heavy atom. The van der Waals surface area contributed by atoms with Crippen molar-refractivity contribution in [2.75, 3.05) is 39.6 Å². The normalized spacial score (nSPS) is 14.0. The number of phosphoric acid groups is 2. The highest BCUT2D eigenvalue weighted by molar-refractivity contribution is 7.47. The molecule has 0 aromatic heterocycles. The quantitative estimate of drug-likeness (QED) is 0.0222. The monoisotopic (exact) mass is 1310 g/mol. The van der Waals surface area contributed by atoms with Crippen LogP contribution in [-0.2, 0) is 65.4 Å². The largest absolute Gasteiger partial charge is 0.472 e. The summed E-state index contributed by atoms with van der Waals surface area (Å²) in [5.41, 5.74) is 0. The zero-order chi connectivity index (χ0) is 65.4. The minimum absolute atomic E-state index is 0.107. The van der Waals surface area contributed by atoms with Gasteiger partial charge in [-0.15, -0.1) is 0 Å². The van der Waals surface area contributed by atoms with Crippen molar-refractivity contribution in [3.8, 4) is 0 Å². The van der Waals surface area contributed by atoms with Crippen LogP contribution in [0.15, 0.2) is 0 Å². The van der Waals surface area contributed by atoms with Gasteiger partial charge in [-0.25, -0.2) is 9.13 Å². The van der Waals surface area contributed by atoms with Crippen molar-refractivity contribution >= 4 is 39.5 Å². The van der Waals surface area contributed by atoms with Gasteiger partial charge >= 0.3 is 39.5 Å². The summed E-state index contributed by atoms with van der Waals surface area (Å²) in [5.74, 6) is -2.12. The van der Waals surface area contributed by atoms with Gasteiger partial charge in [-0.1, -0.05) is 317 Å². The first-order valence-corrected chi connectivity index (χ1v) is 39.8. The Morgan fingerprint density at radius 2 is 0.449 bits per heavy atom. The Bertz CT molecular complexity index is 1710. The van der Waals surface area contributed by atoms with E-state index in [1.807, 2.05) is 0 Å². The smallest absolute Gasteiger partial charge is 0.462 e. The molecule has 0 aromatic rings. The second-order valence-corrected chi connectivity index (χ2v) is 28.2. The third-order valence-corrected chi connectivity index (χ3v) is 18.3. The molecule has 3 N–H and O–H groups in total. The summed E-state index contributed by atoms with van der Waals surface area (Å²) < 4.78 is 68.2. The van der Waals surface area contributed by atoms with E-state index in [0.29, 0.717) is 25.7 Å². The molecule has 0 aromatic carbocycles. The molecule has 0 radical (unpaired) electrons. The number of rotatable bonds is 71. The predicted octanol–water partition coefficient (Wildman–Crippen LogP) is 20.3. The van der Waals surface area contributed by atoms with Crippen LogP contribution >= 0.6 is 15.6 Å². The van der Waals surface area contributed by atoms with Crippen LogP contribution in [0, 0.1) is 0 Å². The number of aliphatic hydroxyl groups excluding tert-OH is 1. The molecule has 17 nitrogen and oxygen atoms in total. The number of hydrogen-bond donors (Lipinski definition) is 3. The van der Waals surface area contributed by atoms with E-state index in [9.17, 15) is 43.2 Å². The van der Waals surface area contributed by atoms with Gasteiger partial charge in [0.05, 0.1) is 26.4 Å². The standard InChI is InChI=1S/C70H136O17P2/c1-5-9-13-17-21-25-28-29-30-31-32-33-34-35-36-37-41-45-49-53-57-70(75)87-66(61-81-68(73)55-51-47-43-39-26-22-18-14-10-6-2)63-85-89(78,79)83-59-64(71)58-82-88(76,77)84-62-65(60-80-67(72)54-50-46-42-38-24-20-16-12-8-4)86-69(74)56-52-48-44-40-27-23-19-15-11-7-3/h64-66,71H,5-63H2,1-4H3,(H,76,77)(H,78,79)/t64-,65+,66+/m0/s1. The first kappa shape index (κ1) is 87.1. The minimum atomic E-state index is -4.95. The Kier molecular flexibility index (Phi) is 63.3. The molecule has 0 aliphatic heterocycles. The van der Waals surface area contributed by atoms with Gasteiger partial charge in [-0.3, -0.25) is 37.3 Å². The third-order valence-electron chi connectivity index (χ3n) is 16.4. The fourth-order valence-corrected chi connectivity index (χ4v) is 12.3. The lowest BCUT2D eigenvalue weighted by molar-refractivity contribution is -0.161. The van der Waals surface area contributed by atoms with Crippen molar-refractivity contribution in [1.82, 2.24) is 0 Å². The van der Waals surface area contributed by atoms with Crippen LogP contribution in [0.25, 0.3) is 0 Å². The number of carbonyl (C=O) groups excluding carboxylic acids is 4. The van der Waals surface area contributed by atoms with Crippen molar-refractivity contribution in [3.05, 3.63) is 0 Å². The van der Waals surface area contributed by atoms with Gasteiger partial charge in [-0.05, 0) is 25.7 Å². The van der Waals surface area contributed by atoms with E-state index >= 15 is 0 Å². The van der Waals surface area contributed by atoms with Crippen molar-refractivity contribution < 1.29 is 80.2 Å². The van der Waals surface area contributed by atoms with Gasteiger partial charge in [0.15, 0.2) is 12.2 Å². The summed E-state index contributed by atoms with van der Waals surface area (Å²) in [6.45, 7) is 4.91. The first-order chi connectivity index (χ1) is 43.2. The second kappa shape index (κ2) is 64.8. The maximum Gasteiger partial charge on any atom is 0.472 e. The molecule has 19 heteroatoms. The van der Waals surface area contributed by atoms with E-state index in [4.69, 9.17) is 37.0 Å². The summed E-state index contributed by atoms with van der Waals surface area (Å²) in [5, 5.41) is 10.6. The van der Waals surface area contributed by atoms with Crippen LogP contribution in [0.4, 0.5) is 0 Å². The van der Waals surface area contributed by atoms with Gasteiger partial charge in [0.1, 0.15) is 19.3 Å².